The summed E-state index contributed by atoms with van der Waals surface area (Å²) in [7, 11) is -5.11. The van der Waals surface area contributed by atoms with Crippen LogP contribution in [0.25, 0.3) is 0 Å². The Kier molecular flexibility index (Phi) is 27.9. The third-order valence-electron chi connectivity index (χ3n) is 0.982. The van der Waals surface area contributed by atoms with Crippen LogP contribution in [0.15, 0.2) is 0 Å². The number of carboxylic acids is 1. The van der Waals surface area contributed by atoms with Gasteiger partial charge in [0, 0.05) is 0 Å². The standard InChI is InChI=1S/C4H7NO6S.4Na/c5-3(6)1-2(4(7)8)12(9,10)11;;;;/h2H,1H2,(H2,5,6)(H,7,8)(H,9,10,11);;;;/q;4*+1/p-3. The van der Waals surface area contributed by atoms with Crippen molar-refractivity contribution in [1.29, 1.82) is 5.41 Å². The van der Waals surface area contributed by atoms with Gasteiger partial charge in [-0.1, -0.05) is 0 Å². The van der Waals surface area contributed by atoms with Gasteiger partial charge in [0.25, 0.3) is 0 Å². The van der Waals surface area contributed by atoms with Crippen LogP contribution in [-0.4, -0.2) is 30.1 Å². The van der Waals surface area contributed by atoms with E-state index in [-0.39, 0.29) is 118 Å². The molecule has 0 aliphatic rings. The van der Waals surface area contributed by atoms with Crippen LogP contribution in [0.3, 0.4) is 0 Å². The van der Waals surface area contributed by atoms with Gasteiger partial charge in [-0.2, -0.15) is 0 Å². The van der Waals surface area contributed by atoms with Crippen LogP contribution in [0.2, 0.25) is 0 Å². The molecule has 0 aromatic rings. The van der Waals surface area contributed by atoms with Crippen molar-refractivity contribution in [1.82, 2.24) is 0 Å². The molecule has 0 heterocycles. The van der Waals surface area contributed by atoms with Crippen molar-refractivity contribution in [2.45, 2.75) is 11.7 Å². The van der Waals surface area contributed by atoms with Crippen LogP contribution < -0.4 is 128 Å². The van der Waals surface area contributed by atoms with Gasteiger partial charge in [-0.3, -0.25) is 0 Å². The van der Waals surface area contributed by atoms with Crippen molar-refractivity contribution in [3.8, 4) is 0 Å². The minimum Gasteiger partial charge on any atom is -0.862 e. The first-order valence-corrected chi connectivity index (χ1v) is 4.12. The molecule has 0 bridgehead atoms. The maximum Gasteiger partial charge on any atom is 1.00 e. The largest absolute Gasteiger partial charge is 1.00 e. The molecule has 0 aliphatic heterocycles. The normalized spacial score (nSPS) is 10.3. The van der Waals surface area contributed by atoms with E-state index in [9.17, 15) is 28.0 Å². The third kappa shape index (κ3) is 14.9. The van der Waals surface area contributed by atoms with Crippen molar-refractivity contribution in [2.24, 2.45) is 0 Å². The van der Waals surface area contributed by atoms with E-state index in [1.54, 1.807) is 0 Å². The molecule has 1 N–H and O–H groups in total. The van der Waals surface area contributed by atoms with Gasteiger partial charge in [-0.05, 0) is 12.3 Å². The second-order valence-corrected chi connectivity index (χ2v) is 3.48. The summed E-state index contributed by atoms with van der Waals surface area (Å²) in [6.45, 7) is 0. The molecule has 1 unspecified atom stereocenters. The van der Waals surface area contributed by atoms with E-state index < -0.39 is 33.7 Å². The predicted octanol–water partition coefficient (Wildman–Crippen LogP) is -15.6. The molecule has 0 rings (SSSR count). The number of carbonyl (C=O) groups excluding carboxylic acids is 1. The van der Waals surface area contributed by atoms with Crippen LogP contribution in [-0.2, 0) is 14.9 Å². The van der Waals surface area contributed by atoms with Crippen LogP contribution in [0.5, 0.6) is 0 Å². The molecule has 0 fully saturated rings. The summed E-state index contributed by atoms with van der Waals surface area (Å²) in [6, 6.07) is 0. The third-order valence-corrected chi connectivity index (χ3v) is 2.04. The Morgan fingerprint density at radius 2 is 1.44 bits per heavy atom. The topological polar surface area (TPSA) is 144 Å². The maximum absolute atomic E-state index is 10.1. The molecule has 0 amide bonds. The molecular weight excluding hydrogens is 282 g/mol. The van der Waals surface area contributed by atoms with Crippen molar-refractivity contribution < 1.29 is 146 Å². The average molecular weight is 286 g/mol. The predicted molar refractivity (Wildman–Crippen MR) is 30.8 cm³/mol. The second-order valence-electron chi connectivity index (χ2n) is 1.93. The van der Waals surface area contributed by atoms with Gasteiger partial charge in [-0.15, -0.1) is 0 Å². The molecule has 0 aromatic carbocycles. The number of nitrogens with one attached hydrogen (secondary N) is 1. The van der Waals surface area contributed by atoms with Gasteiger partial charge < -0.3 is 25.0 Å². The van der Waals surface area contributed by atoms with Crippen LogP contribution in [0.1, 0.15) is 6.42 Å². The zero-order chi connectivity index (χ0) is 9.94. The van der Waals surface area contributed by atoms with Crippen LogP contribution >= 0.6 is 0 Å². The van der Waals surface area contributed by atoms with E-state index in [0.29, 0.717) is 0 Å². The summed E-state index contributed by atoms with van der Waals surface area (Å²) in [5.74, 6) is -3.60. The molecule has 0 saturated heterocycles. The molecule has 0 saturated carbocycles. The molecule has 0 radical (unpaired) electrons. The minimum atomic E-state index is -5.11. The van der Waals surface area contributed by atoms with Gasteiger partial charge >= 0.3 is 118 Å². The fourth-order valence-electron chi connectivity index (χ4n) is 0.472. The van der Waals surface area contributed by atoms with E-state index in [4.69, 9.17) is 5.41 Å². The Morgan fingerprint density at radius 1 is 1.12 bits per heavy atom. The molecule has 0 aliphatic carbocycles. The summed E-state index contributed by atoms with van der Waals surface area (Å²) in [6.07, 6.45) is -1.17. The first kappa shape index (κ1) is 31.3. The Bertz CT molecular complexity index is 306. The van der Waals surface area contributed by atoms with Crippen molar-refractivity contribution in [3.05, 3.63) is 0 Å². The van der Waals surface area contributed by atoms with Crippen molar-refractivity contribution in [2.75, 3.05) is 0 Å². The molecule has 0 spiro atoms. The first-order chi connectivity index (χ1) is 5.25. The van der Waals surface area contributed by atoms with Crippen molar-refractivity contribution in [3.63, 3.8) is 0 Å². The van der Waals surface area contributed by atoms with Gasteiger partial charge in [0.1, 0.15) is 10.1 Å². The number of aliphatic carboxylic acids is 1. The summed E-state index contributed by atoms with van der Waals surface area (Å²) in [5, 5.41) is 23.7. The molecule has 16 heavy (non-hydrogen) atoms. The molecule has 70 valence electrons. The quantitative estimate of drug-likeness (QED) is 0.235. The molecule has 7 nitrogen and oxygen atoms in total. The number of carbonyl (C=O) groups is 1. The fraction of sp³-hybridized carbons (Fsp3) is 0.500. The van der Waals surface area contributed by atoms with E-state index in [2.05, 4.69) is 0 Å². The van der Waals surface area contributed by atoms with Gasteiger partial charge in [0.05, 0.1) is 11.2 Å². The Labute approximate surface area is 182 Å². The number of rotatable bonds is 4. The molecular formula is C4H4NNa4O6S+. The van der Waals surface area contributed by atoms with Crippen LogP contribution in [0, 0.1) is 5.41 Å². The fourth-order valence-corrected chi connectivity index (χ4v) is 1.06. The van der Waals surface area contributed by atoms with Gasteiger partial charge in [0.15, 0.2) is 0 Å². The van der Waals surface area contributed by atoms with E-state index in [1.165, 1.54) is 0 Å². The van der Waals surface area contributed by atoms with Gasteiger partial charge in [-0.25, -0.2) is 8.42 Å². The second kappa shape index (κ2) is 14.3. The van der Waals surface area contributed by atoms with Crippen LogP contribution in [0.4, 0.5) is 0 Å². The monoisotopic (exact) mass is 286 g/mol. The number of hydrogen-bond donors (Lipinski definition) is 1. The maximum atomic E-state index is 10.1. The Hall–Kier alpha value is 2.85. The van der Waals surface area contributed by atoms with Crippen molar-refractivity contribution >= 4 is 22.0 Å². The summed E-state index contributed by atoms with van der Waals surface area (Å²) in [4.78, 5) is 9.96. The molecule has 12 heteroatoms. The Balaban J connectivity index is -0.000000101. The molecule has 0 aromatic heterocycles. The number of carboxylic acid groups (broad SMARTS) is 1. The molecule has 1 atom stereocenters. The summed E-state index contributed by atoms with van der Waals surface area (Å²) < 4.78 is 30.3. The van der Waals surface area contributed by atoms with E-state index in [1.807, 2.05) is 0 Å². The summed E-state index contributed by atoms with van der Waals surface area (Å²) >= 11 is 0. The van der Waals surface area contributed by atoms with E-state index in [0.717, 1.165) is 0 Å². The van der Waals surface area contributed by atoms with Gasteiger partial charge in [0.2, 0.25) is 0 Å². The Morgan fingerprint density at radius 3 is 1.50 bits per heavy atom. The average Bonchev–Trinajstić information content (AvgIpc) is 1.79. The SMILES string of the molecule is N=C([O-])CC(C(=O)[O-])S(=O)(=O)[O-].[Na+].[Na+].[Na+].[Na+]. The van der Waals surface area contributed by atoms with E-state index >= 15 is 0 Å². The summed E-state index contributed by atoms with van der Waals surface area (Å²) in [5.41, 5.74) is 0. The zero-order valence-corrected chi connectivity index (χ0v) is 18.5. The smallest absolute Gasteiger partial charge is 0.862 e. The minimum absolute atomic E-state index is 0. The zero-order valence-electron chi connectivity index (χ0n) is 9.64. The first-order valence-electron chi connectivity index (χ1n) is 2.65. The number of hydrogen-bond acceptors (Lipinski definition) is 7.